The van der Waals surface area contributed by atoms with Crippen LogP contribution in [0.3, 0.4) is 0 Å². The normalized spacial score (nSPS) is 11.8. The van der Waals surface area contributed by atoms with Crippen LogP contribution in [0.2, 0.25) is 0 Å². The zero-order valence-electron chi connectivity index (χ0n) is 18.4. The molecule has 3 rings (SSSR count). The van der Waals surface area contributed by atoms with Crippen molar-refractivity contribution < 1.29 is 13.2 Å². The second-order valence-corrected chi connectivity index (χ2v) is 9.19. The summed E-state index contributed by atoms with van der Waals surface area (Å²) in [6.45, 7) is 8.58. The average Bonchev–Trinajstić information content (AvgIpc) is 3.31. The SMILES string of the molecule is CCN(CC)S(=O)(=O)c1ccc(CNC(=O)c2cc(-c3c(C)nn(C)c3C)n[nH]2)cc1. The second-order valence-electron chi connectivity index (χ2n) is 7.25. The molecule has 0 radical (unpaired) electrons. The summed E-state index contributed by atoms with van der Waals surface area (Å²) in [5.41, 5.74) is 4.53. The van der Waals surface area contributed by atoms with E-state index >= 15 is 0 Å². The van der Waals surface area contributed by atoms with Crippen molar-refractivity contribution in [3.05, 3.63) is 53.0 Å². The van der Waals surface area contributed by atoms with Crippen LogP contribution in [0.15, 0.2) is 35.2 Å². The minimum absolute atomic E-state index is 0.242. The van der Waals surface area contributed by atoms with Crippen molar-refractivity contribution in [2.75, 3.05) is 13.1 Å². The number of benzene rings is 1. The number of rotatable bonds is 8. The van der Waals surface area contributed by atoms with Gasteiger partial charge in [-0.25, -0.2) is 8.42 Å². The van der Waals surface area contributed by atoms with Crippen molar-refractivity contribution in [3.63, 3.8) is 0 Å². The molecule has 0 saturated carbocycles. The summed E-state index contributed by atoms with van der Waals surface area (Å²) in [7, 11) is -1.63. The second kappa shape index (κ2) is 9.03. The van der Waals surface area contributed by atoms with E-state index in [0.717, 1.165) is 22.5 Å². The average molecular weight is 445 g/mol. The highest BCUT2D eigenvalue weighted by atomic mass is 32.2. The van der Waals surface area contributed by atoms with Crippen LogP contribution in [0.25, 0.3) is 11.3 Å². The lowest BCUT2D eigenvalue weighted by atomic mass is 10.1. The highest BCUT2D eigenvalue weighted by molar-refractivity contribution is 7.89. The molecule has 166 valence electrons. The molecule has 2 N–H and O–H groups in total. The molecule has 0 aliphatic carbocycles. The van der Waals surface area contributed by atoms with Gasteiger partial charge in [0, 0.05) is 37.9 Å². The van der Waals surface area contributed by atoms with Gasteiger partial charge in [-0.2, -0.15) is 14.5 Å². The largest absolute Gasteiger partial charge is 0.347 e. The van der Waals surface area contributed by atoms with Crippen molar-refractivity contribution in [1.29, 1.82) is 0 Å². The van der Waals surface area contributed by atoms with E-state index in [2.05, 4.69) is 20.6 Å². The maximum absolute atomic E-state index is 12.6. The molecule has 0 atom stereocenters. The van der Waals surface area contributed by atoms with E-state index in [9.17, 15) is 13.2 Å². The maximum Gasteiger partial charge on any atom is 0.269 e. The first kappa shape index (κ1) is 22.7. The van der Waals surface area contributed by atoms with E-state index in [-0.39, 0.29) is 17.3 Å². The molecule has 0 spiro atoms. The molecule has 0 aliphatic rings. The van der Waals surface area contributed by atoms with Gasteiger partial charge in [0.05, 0.1) is 16.3 Å². The number of hydrogen-bond acceptors (Lipinski definition) is 5. The molecule has 0 aliphatic heterocycles. The number of aryl methyl sites for hydroxylation is 2. The number of sulfonamides is 1. The number of aromatic nitrogens is 4. The molecular weight excluding hydrogens is 416 g/mol. The number of H-pyrrole nitrogens is 1. The molecule has 10 heteroatoms. The molecule has 0 saturated heterocycles. The van der Waals surface area contributed by atoms with Gasteiger partial charge in [0.1, 0.15) is 5.69 Å². The summed E-state index contributed by atoms with van der Waals surface area (Å²) in [4.78, 5) is 12.8. The Kier molecular flexibility index (Phi) is 6.61. The molecule has 3 aromatic rings. The predicted molar refractivity (Wildman–Crippen MR) is 118 cm³/mol. The van der Waals surface area contributed by atoms with Gasteiger partial charge in [0.15, 0.2) is 0 Å². The lowest BCUT2D eigenvalue weighted by Gasteiger charge is -2.18. The molecule has 9 nitrogen and oxygen atoms in total. The number of carbonyl (C=O) groups excluding carboxylic acids is 1. The van der Waals surface area contributed by atoms with Gasteiger partial charge in [-0.3, -0.25) is 14.6 Å². The summed E-state index contributed by atoms with van der Waals surface area (Å²) in [6, 6.07) is 8.25. The van der Waals surface area contributed by atoms with E-state index in [0.29, 0.717) is 24.5 Å². The lowest BCUT2D eigenvalue weighted by Crippen LogP contribution is -2.30. The van der Waals surface area contributed by atoms with E-state index in [1.165, 1.54) is 4.31 Å². The third-order valence-electron chi connectivity index (χ3n) is 5.31. The minimum atomic E-state index is -3.50. The monoisotopic (exact) mass is 444 g/mol. The van der Waals surface area contributed by atoms with Crippen LogP contribution >= 0.6 is 0 Å². The van der Waals surface area contributed by atoms with Crippen LogP contribution in [-0.4, -0.2) is 51.7 Å². The Hall–Kier alpha value is -2.98. The van der Waals surface area contributed by atoms with Crippen LogP contribution < -0.4 is 5.32 Å². The van der Waals surface area contributed by atoms with Gasteiger partial charge >= 0.3 is 0 Å². The summed E-state index contributed by atoms with van der Waals surface area (Å²) in [5, 5.41) is 14.2. The highest BCUT2D eigenvalue weighted by Gasteiger charge is 2.21. The third kappa shape index (κ3) is 4.54. The lowest BCUT2D eigenvalue weighted by molar-refractivity contribution is 0.0946. The Morgan fingerprint density at radius 2 is 1.81 bits per heavy atom. The molecule has 1 amide bonds. The Bertz CT molecular complexity index is 1170. The van der Waals surface area contributed by atoms with Gasteiger partial charge in [-0.15, -0.1) is 0 Å². The van der Waals surface area contributed by atoms with E-state index in [1.54, 1.807) is 35.0 Å². The van der Waals surface area contributed by atoms with E-state index < -0.39 is 10.0 Å². The molecule has 0 unspecified atom stereocenters. The number of carbonyl (C=O) groups is 1. The third-order valence-corrected chi connectivity index (χ3v) is 7.37. The van der Waals surface area contributed by atoms with Crippen molar-refractivity contribution in [1.82, 2.24) is 29.6 Å². The Balaban J connectivity index is 1.67. The standard InChI is InChI=1S/C21H28N6O3S/c1-6-27(7-2)31(29,30)17-10-8-16(9-11-17)13-22-21(28)19-12-18(23-24-19)20-14(3)25-26(5)15(20)4/h8-12H,6-7,13H2,1-5H3,(H,22,28)(H,23,24). The number of nitrogens with one attached hydrogen (secondary N) is 2. The topological polar surface area (TPSA) is 113 Å². The molecule has 1 aromatic carbocycles. The number of nitrogens with zero attached hydrogens (tertiary/aromatic N) is 4. The Morgan fingerprint density at radius 3 is 2.35 bits per heavy atom. The summed E-state index contributed by atoms with van der Waals surface area (Å²) in [6.07, 6.45) is 0. The molecule has 0 bridgehead atoms. The summed E-state index contributed by atoms with van der Waals surface area (Å²) in [5.74, 6) is -0.294. The minimum Gasteiger partial charge on any atom is -0.347 e. The first-order valence-electron chi connectivity index (χ1n) is 10.1. The van der Waals surface area contributed by atoms with Gasteiger partial charge < -0.3 is 5.32 Å². The zero-order chi connectivity index (χ0) is 22.8. The fourth-order valence-corrected chi connectivity index (χ4v) is 4.94. The Morgan fingerprint density at radius 1 is 1.16 bits per heavy atom. The van der Waals surface area contributed by atoms with Gasteiger partial charge in [-0.1, -0.05) is 26.0 Å². The summed E-state index contributed by atoms with van der Waals surface area (Å²) < 4.78 is 28.3. The smallest absolute Gasteiger partial charge is 0.269 e. The van der Waals surface area contributed by atoms with Gasteiger partial charge in [0.2, 0.25) is 10.0 Å². The first-order chi connectivity index (χ1) is 14.7. The fourth-order valence-electron chi connectivity index (χ4n) is 3.48. The van der Waals surface area contributed by atoms with E-state index in [4.69, 9.17) is 0 Å². The van der Waals surface area contributed by atoms with Crippen LogP contribution in [0.4, 0.5) is 0 Å². The van der Waals surface area contributed by atoms with Crippen molar-refractivity contribution >= 4 is 15.9 Å². The number of hydrogen-bond donors (Lipinski definition) is 2. The van der Waals surface area contributed by atoms with Crippen LogP contribution in [0, 0.1) is 13.8 Å². The van der Waals surface area contributed by atoms with Crippen LogP contribution in [0.1, 0.15) is 41.3 Å². The predicted octanol–water partition coefficient (Wildman–Crippen LogP) is 2.39. The van der Waals surface area contributed by atoms with Crippen molar-refractivity contribution in [3.8, 4) is 11.3 Å². The van der Waals surface area contributed by atoms with Gasteiger partial charge in [-0.05, 0) is 37.6 Å². The van der Waals surface area contributed by atoms with Crippen molar-refractivity contribution in [2.24, 2.45) is 7.05 Å². The van der Waals surface area contributed by atoms with Crippen LogP contribution in [-0.2, 0) is 23.6 Å². The highest BCUT2D eigenvalue weighted by Crippen LogP contribution is 2.25. The van der Waals surface area contributed by atoms with Gasteiger partial charge in [0.25, 0.3) is 5.91 Å². The molecule has 2 heterocycles. The first-order valence-corrected chi connectivity index (χ1v) is 11.6. The molecule has 0 fully saturated rings. The van der Waals surface area contributed by atoms with E-state index in [1.807, 2.05) is 34.7 Å². The maximum atomic E-state index is 12.6. The Labute approximate surface area is 182 Å². The quantitative estimate of drug-likeness (QED) is 0.554. The molecule has 2 aromatic heterocycles. The number of aromatic amines is 1. The van der Waals surface area contributed by atoms with Crippen LogP contribution in [0.5, 0.6) is 0 Å². The zero-order valence-corrected chi connectivity index (χ0v) is 19.2. The van der Waals surface area contributed by atoms with Crippen molar-refractivity contribution in [2.45, 2.75) is 39.1 Å². The summed E-state index contributed by atoms with van der Waals surface area (Å²) >= 11 is 0. The number of amides is 1. The molecule has 31 heavy (non-hydrogen) atoms. The fraction of sp³-hybridized carbons (Fsp3) is 0.381. The molecular formula is C21H28N6O3S.